The van der Waals surface area contributed by atoms with Gasteiger partial charge in [0.05, 0.1) is 5.52 Å². The van der Waals surface area contributed by atoms with Crippen molar-refractivity contribution in [3.63, 3.8) is 0 Å². The predicted octanol–water partition coefficient (Wildman–Crippen LogP) is 4.01. The Kier molecular flexibility index (Phi) is 4.39. The van der Waals surface area contributed by atoms with E-state index >= 15 is 0 Å². The summed E-state index contributed by atoms with van der Waals surface area (Å²) in [6.07, 6.45) is 0. The number of halogens is 2. The molecule has 0 fully saturated rings. The molecule has 0 atom stereocenters. The van der Waals surface area contributed by atoms with Crippen LogP contribution in [0.5, 0.6) is 0 Å². The molecule has 0 unspecified atom stereocenters. The Labute approximate surface area is 94.4 Å². The smallest absolute Gasteiger partial charge is 0.106 e. The van der Waals surface area contributed by atoms with Gasteiger partial charge in [-0.1, -0.05) is 40.2 Å². The molecule has 0 aliphatic heterocycles. The van der Waals surface area contributed by atoms with E-state index < -0.39 is 0 Å². The summed E-state index contributed by atoms with van der Waals surface area (Å²) in [6, 6.07) is 12.0. The third-order valence-electron chi connectivity index (χ3n) is 1.56. The highest BCUT2D eigenvalue weighted by Crippen LogP contribution is 2.14. The molecule has 13 heavy (non-hydrogen) atoms. The van der Waals surface area contributed by atoms with Crippen LogP contribution in [0.25, 0.3) is 10.9 Å². The first kappa shape index (κ1) is 10.7. The van der Waals surface area contributed by atoms with Crippen molar-refractivity contribution in [2.45, 2.75) is 0 Å². The van der Waals surface area contributed by atoms with Crippen molar-refractivity contribution in [1.82, 2.24) is 4.98 Å². The minimum Gasteiger partial charge on any atom is -0.241 e. The Hall–Kier alpha value is -0.410. The lowest BCUT2D eigenvalue weighted by Gasteiger charge is -1.94. The maximum atomic E-state index is 4.29. The van der Waals surface area contributed by atoms with Crippen LogP contribution in [0.3, 0.4) is 0 Å². The highest BCUT2D eigenvalue weighted by molar-refractivity contribution is 9.10. The molecule has 1 aromatic heterocycles. The molecule has 3 heteroatoms. The minimum absolute atomic E-state index is 0.885. The molecule has 0 amide bonds. The van der Waals surface area contributed by atoms with E-state index in [9.17, 15) is 0 Å². The van der Waals surface area contributed by atoms with Crippen LogP contribution in [0.15, 0.2) is 41.0 Å². The van der Waals surface area contributed by atoms with Crippen molar-refractivity contribution in [3.05, 3.63) is 41.0 Å². The van der Waals surface area contributed by atoms with E-state index in [0.717, 1.165) is 10.1 Å². The summed E-state index contributed by atoms with van der Waals surface area (Å²) >= 11 is 6.26. The minimum atomic E-state index is 0.885. The highest BCUT2D eigenvalue weighted by atomic mass is 79.9. The quantitative estimate of drug-likeness (QED) is 0.529. The van der Waals surface area contributed by atoms with E-state index in [0.29, 0.717) is 0 Å². The third kappa shape index (κ3) is 2.78. The van der Waals surface area contributed by atoms with Crippen LogP contribution in [0, 0.1) is 0 Å². The van der Waals surface area contributed by atoms with Gasteiger partial charge in [-0.3, -0.25) is 0 Å². The summed E-state index contributed by atoms with van der Waals surface area (Å²) in [5.41, 5.74) is 1.03. The molecule has 0 aliphatic carbocycles. The topological polar surface area (TPSA) is 12.9 Å². The van der Waals surface area contributed by atoms with E-state index in [1.807, 2.05) is 36.2 Å². The Balaban J connectivity index is 0.000000396. The lowest BCUT2D eigenvalue weighted by atomic mass is 10.2. The number of aromatic nitrogens is 1. The fourth-order valence-electron chi connectivity index (χ4n) is 1.04. The zero-order chi connectivity index (χ0) is 9.68. The van der Waals surface area contributed by atoms with Gasteiger partial charge in [0.25, 0.3) is 0 Å². The molecule has 1 heterocycles. The SMILES string of the molecule is Brc1ccc2ccccc2n1.CBr. The Morgan fingerprint density at radius 3 is 2.46 bits per heavy atom. The molecular formula is C10H9Br2N. The van der Waals surface area contributed by atoms with Crippen molar-refractivity contribution in [2.75, 3.05) is 5.83 Å². The van der Waals surface area contributed by atoms with E-state index in [1.165, 1.54) is 5.39 Å². The molecule has 0 N–H and O–H groups in total. The van der Waals surface area contributed by atoms with Gasteiger partial charge in [0.1, 0.15) is 4.60 Å². The van der Waals surface area contributed by atoms with Crippen molar-refractivity contribution >= 4 is 42.8 Å². The number of rotatable bonds is 0. The molecule has 0 bridgehead atoms. The average molecular weight is 303 g/mol. The lowest BCUT2D eigenvalue weighted by molar-refractivity contribution is 1.35. The molecule has 0 aliphatic rings. The van der Waals surface area contributed by atoms with E-state index in [2.05, 4.69) is 42.9 Å². The molecule has 2 rings (SSSR count). The second-order valence-corrected chi connectivity index (χ2v) is 3.14. The summed E-state index contributed by atoms with van der Waals surface area (Å²) in [7, 11) is 0. The van der Waals surface area contributed by atoms with Gasteiger partial charge < -0.3 is 0 Å². The Morgan fingerprint density at radius 1 is 1.00 bits per heavy atom. The van der Waals surface area contributed by atoms with Crippen LogP contribution in [0.2, 0.25) is 0 Å². The van der Waals surface area contributed by atoms with Gasteiger partial charge in [-0.05, 0) is 33.9 Å². The van der Waals surface area contributed by atoms with Crippen LogP contribution < -0.4 is 0 Å². The highest BCUT2D eigenvalue weighted by Gasteiger charge is 1.92. The monoisotopic (exact) mass is 301 g/mol. The van der Waals surface area contributed by atoms with Crippen molar-refractivity contribution < 1.29 is 0 Å². The maximum absolute atomic E-state index is 4.29. The van der Waals surface area contributed by atoms with Gasteiger partial charge in [-0.2, -0.15) is 0 Å². The number of alkyl halides is 1. The van der Waals surface area contributed by atoms with Gasteiger partial charge in [0.2, 0.25) is 0 Å². The Morgan fingerprint density at radius 2 is 1.69 bits per heavy atom. The number of fused-ring (bicyclic) bond motifs is 1. The average Bonchev–Trinajstić information content (AvgIpc) is 2.21. The Bertz CT molecular complexity index is 387. The van der Waals surface area contributed by atoms with E-state index in [-0.39, 0.29) is 0 Å². The molecule has 2 aromatic rings. The van der Waals surface area contributed by atoms with Gasteiger partial charge in [-0.25, -0.2) is 4.98 Å². The van der Waals surface area contributed by atoms with Crippen molar-refractivity contribution in [1.29, 1.82) is 0 Å². The predicted molar refractivity (Wildman–Crippen MR) is 64.3 cm³/mol. The molecule has 1 nitrogen and oxygen atoms in total. The molecular weight excluding hydrogens is 294 g/mol. The van der Waals surface area contributed by atoms with Gasteiger partial charge >= 0.3 is 0 Å². The van der Waals surface area contributed by atoms with E-state index in [1.54, 1.807) is 0 Å². The van der Waals surface area contributed by atoms with Gasteiger partial charge in [-0.15, -0.1) is 0 Å². The summed E-state index contributed by atoms with van der Waals surface area (Å²) in [6.45, 7) is 0. The number of hydrogen-bond donors (Lipinski definition) is 0. The fraction of sp³-hybridized carbons (Fsp3) is 0.100. The first-order chi connectivity index (χ1) is 6.36. The van der Waals surface area contributed by atoms with Crippen LogP contribution in [-0.4, -0.2) is 10.8 Å². The molecule has 0 saturated heterocycles. The fourth-order valence-corrected chi connectivity index (χ4v) is 1.36. The largest absolute Gasteiger partial charge is 0.241 e. The molecule has 68 valence electrons. The second-order valence-electron chi connectivity index (χ2n) is 2.33. The van der Waals surface area contributed by atoms with Crippen LogP contribution in [0.1, 0.15) is 0 Å². The van der Waals surface area contributed by atoms with E-state index in [4.69, 9.17) is 0 Å². The molecule has 0 spiro atoms. The van der Waals surface area contributed by atoms with Crippen LogP contribution in [-0.2, 0) is 0 Å². The summed E-state index contributed by atoms with van der Waals surface area (Å²) in [5.74, 6) is 1.81. The third-order valence-corrected chi connectivity index (χ3v) is 2.01. The van der Waals surface area contributed by atoms with Gasteiger partial charge in [0.15, 0.2) is 0 Å². The van der Waals surface area contributed by atoms with Gasteiger partial charge in [0, 0.05) is 5.39 Å². The zero-order valence-electron chi connectivity index (χ0n) is 7.17. The normalized spacial score (nSPS) is 9.15. The summed E-state index contributed by atoms with van der Waals surface area (Å²) in [5, 5.41) is 1.18. The lowest BCUT2D eigenvalue weighted by Crippen LogP contribution is -1.77. The molecule has 1 aromatic carbocycles. The number of hydrogen-bond acceptors (Lipinski definition) is 1. The maximum Gasteiger partial charge on any atom is 0.106 e. The standard InChI is InChI=1S/C9H6BrN.CH3Br/c10-9-6-5-7-3-1-2-4-8(7)11-9;1-2/h1-6H;1H3. The van der Waals surface area contributed by atoms with Crippen molar-refractivity contribution in [3.8, 4) is 0 Å². The number of para-hydroxylation sites is 1. The first-order valence-electron chi connectivity index (χ1n) is 3.75. The van der Waals surface area contributed by atoms with Crippen LogP contribution >= 0.6 is 31.9 Å². The molecule has 0 radical (unpaired) electrons. The summed E-state index contributed by atoms with van der Waals surface area (Å²) < 4.78 is 0.885. The first-order valence-corrected chi connectivity index (χ1v) is 6.13. The number of benzene rings is 1. The van der Waals surface area contributed by atoms with Crippen molar-refractivity contribution in [2.24, 2.45) is 0 Å². The molecule has 0 saturated carbocycles. The second kappa shape index (κ2) is 5.35. The number of pyridine rings is 1. The number of nitrogens with zero attached hydrogens (tertiary/aromatic N) is 1. The zero-order valence-corrected chi connectivity index (χ0v) is 10.3. The van der Waals surface area contributed by atoms with Crippen LogP contribution in [0.4, 0.5) is 0 Å². The summed E-state index contributed by atoms with van der Waals surface area (Å²) in [4.78, 5) is 4.29.